The highest BCUT2D eigenvalue weighted by atomic mass is 16.3. The van der Waals surface area contributed by atoms with Gasteiger partial charge in [-0.25, -0.2) is 4.79 Å². The second kappa shape index (κ2) is 6.05. The number of carbonyl (C=O) groups is 1. The summed E-state index contributed by atoms with van der Waals surface area (Å²) in [6.07, 6.45) is 7.57. The molecule has 2 aliphatic carbocycles. The SMILES string of the molecule is CN(C[C@@H]1CCC[C@H]1O)C(=O)N[C@H]1CCCc2cn[nH]c21. The first-order valence-electron chi connectivity index (χ1n) is 7.87. The number of aromatic nitrogens is 2. The van der Waals surface area contributed by atoms with Crippen LogP contribution in [0.15, 0.2) is 6.20 Å². The number of urea groups is 1. The molecule has 3 rings (SSSR count). The molecule has 1 aromatic heterocycles. The van der Waals surface area contributed by atoms with Gasteiger partial charge in [-0.3, -0.25) is 5.10 Å². The number of carbonyl (C=O) groups excluding carboxylic acids is 1. The first kappa shape index (κ1) is 14.4. The van der Waals surface area contributed by atoms with E-state index in [2.05, 4.69) is 15.5 Å². The Bertz CT molecular complexity index is 502. The zero-order valence-electron chi connectivity index (χ0n) is 12.5. The Hall–Kier alpha value is -1.56. The summed E-state index contributed by atoms with van der Waals surface area (Å²) in [7, 11) is 1.80. The molecule has 2 aliphatic rings. The average molecular weight is 292 g/mol. The zero-order valence-corrected chi connectivity index (χ0v) is 12.5. The van der Waals surface area contributed by atoms with Crippen molar-refractivity contribution in [2.75, 3.05) is 13.6 Å². The molecule has 0 aromatic carbocycles. The molecule has 0 spiro atoms. The maximum Gasteiger partial charge on any atom is 0.317 e. The Morgan fingerprint density at radius 3 is 3.10 bits per heavy atom. The molecule has 0 unspecified atom stereocenters. The van der Waals surface area contributed by atoms with Crippen molar-refractivity contribution in [3.05, 3.63) is 17.5 Å². The second-order valence-corrected chi connectivity index (χ2v) is 6.34. The predicted molar refractivity (Wildman–Crippen MR) is 78.8 cm³/mol. The number of aromatic amines is 1. The van der Waals surface area contributed by atoms with Gasteiger partial charge in [0.15, 0.2) is 0 Å². The molecule has 3 atom stereocenters. The van der Waals surface area contributed by atoms with Crippen molar-refractivity contribution in [2.45, 2.75) is 50.7 Å². The van der Waals surface area contributed by atoms with E-state index in [9.17, 15) is 9.90 Å². The van der Waals surface area contributed by atoms with E-state index in [0.717, 1.165) is 44.2 Å². The molecule has 1 heterocycles. The molecule has 21 heavy (non-hydrogen) atoms. The lowest BCUT2D eigenvalue weighted by Gasteiger charge is -2.28. The normalized spacial score (nSPS) is 28.2. The highest BCUT2D eigenvalue weighted by Crippen LogP contribution is 2.28. The summed E-state index contributed by atoms with van der Waals surface area (Å²) in [6, 6.07) is -0.0405. The third kappa shape index (κ3) is 3.05. The molecule has 0 radical (unpaired) electrons. The van der Waals surface area contributed by atoms with Crippen molar-refractivity contribution < 1.29 is 9.90 Å². The van der Waals surface area contributed by atoms with Gasteiger partial charge < -0.3 is 15.3 Å². The topological polar surface area (TPSA) is 81.2 Å². The van der Waals surface area contributed by atoms with Crippen molar-refractivity contribution in [1.29, 1.82) is 0 Å². The molecule has 0 aliphatic heterocycles. The molecule has 116 valence electrons. The van der Waals surface area contributed by atoms with Gasteiger partial charge in [0.1, 0.15) is 0 Å². The van der Waals surface area contributed by atoms with Gasteiger partial charge in [0.25, 0.3) is 0 Å². The quantitative estimate of drug-likeness (QED) is 0.791. The standard InChI is InChI=1S/C15H24N4O2/c1-19(9-11-5-3-7-13(11)20)15(21)17-12-6-2-4-10-8-16-18-14(10)12/h8,11-13,20H,2-7,9H2,1H3,(H,16,18)(H,17,21)/t11-,12-,13+/m0/s1. The number of aryl methyl sites for hydroxylation is 1. The van der Waals surface area contributed by atoms with Gasteiger partial charge in [-0.1, -0.05) is 6.42 Å². The first-order valence-corrected chi connectivity index (χ1v) is 7.87. The van der Waals surface area contributed by atoms with Crippen LogP contribution in [0.4, 0.5) is 4.79 Å². The fourth-order valence-corrected chi connectivity index (χ4v) is 3.53. The van der Waals surface area contributed by atoms with E-state index in [0.29, 0.717) is 6.54 Å². The number of aliphatic hydroxyl groups is 1. The first-order chi connectivity index (χ1) is 10.1. The van der Waals surface area contributed by atoms with Crippen LogP contribution in [0.5, 0.6) is 0 Å². The number of nitrogens with one attached hydrogen (secondary N) is 2. The van der Waals surface area contributed by atoms with E-state index in [1.54, 1.807) is 11.9 Å². The van der Waals surface area contributed by atoms with Crippen molar-refractivity contribution >= 4 is 6.03 Å². The smallest absolute Gasteiger partial charge is 0.317 e. The van der Waals surface area contributed by atoms with Crippen LogP contribution < -0.4 is 5.32 Å². The van der Waals surface area contributed by atoms with Crippen LogP contribution in [0, 0.1) is 5.92 Å². The van der Waals surface area contributed by atoms with Crippen LogP contribution >= 0.6 is 0 Å². The molecule has 0 saturated heterocycles. The van der Waals surface area contributed by atoms with E-state index in [1.165, 1.54) is 5.56 Å². The molecule has 2 amide bonds. The molecule has 1 saturated carbocycles. The minimum atomic E-state index is -0.255. The number of rotatable bonds is 3. The van der Waals surface area contributed by atoms with Crippen LogP contribution in [0.2, 0.25) is 0 Å². The van der Waals surface area contributed by atoms with Crippen molar-refractivity contribution in [3.63, 3.8) is 0 Å². The highest BCUT2D eigenvalue weighted by molar-refractivity contribution is 5.74. The van der Waals surface area contributed by atoms with Crippen molar-refractivity contribution in [3.8, 4) is 0 Å². The molecular formula is C15H24N4O2. The van der Waals surface area contributed by atoms with Gasteiger partial charge in [-0.2, -0.15) is 5.10 Å². The fraction of sp³-hybridized carbons (Fsp3) is 0.733. The number of aliphatic hydroxyl groups excluding tert-OH is 1. The summed E-state index contributed by atoms with van der Waals surface area (Å²) in [4.78, 5) is 14.0. The number of hydrogen-bond acceptors (Lipinski definition) is 3. The van der Waals surface area contributed by atoms with E-state index in [1.807, 2.05) is 6.20 Å². The predicted octanol–water partition coefficient (Wildman–Crippen LogP) is 1.59. The third-order valence-corrected chi connectivity index (χ3v) is 4.81. The lowest BCUT2D eigenvalue weighted by Crippen LogP contribution is -2.43. The average Bonchev–Trinajstić information content (AvgIpc) is 3.09. The van der Waals surface area contributed by atoms with Gasteiger partial charge in [-0.15, -0.1) is 0 Å². The van der Waals surface area contributed by atoms with Crippen LogP contribution in [0.1, 0.15) is 49.4 Å². The summed E-state index contributed by atoms with van der Waals surface area (Å²) >= 11 is 0. The Morgan fingerprint density at radius 2 is 2.33 bits per heavy atom. The minimum Gasteiger partial charge on any atom is -0.393 e. The maximum atomic E-state index is 12.3. The molecule has 6 nitrogen and oxygen atoms in total. The van der Waals surface area contributed by atoms with Crippen LogP contribution in [-0.4, -0.2) is 45.9 Å². The van der Waals surface area contributed by atoms with Crippen LogP contribution in [0.25, 0.3) is 0 Å². The third-order valence-electron chi connectivity index (χ3n) is 4.81. The molecule has 6 heteroatoms. The van der Waals surface area contributed by atoms with Gasteiger partial charge in [0.05, 0.1) is 24.0 Å². The molecular weight excluding hydrogens is 268 g/mol. The summed E-state index contributed by atoms with van der Waals surface area (Å²) in [5.41, 5.74) is 2.25. The molecule has 0 bridgehead atoms. The number of nitrogens with zero attached hydrogens (tertiary/aromatic N) is 2. The minimum absolute atomic E-state index is 0.0275. The maximum absolute atomic E-state index is 12.3. The molecule has 3 N–H and O–H groups in total. The van der Waals surface area contributed by atoms with Gasteiger partial charge >= 0.3 is 6.03 Å². The largest absolute Gasteiger partial charge is 0.393 e. The monoisotopic (exact) mass is 292 g/mol. The zero-order chi connectivity index (χ0) is 14.8. The lowest BCUT2D eigenvalue weighted by molar-refractivity contribution is 0.113. The Balaban J connectivity index is 1.57. The number of hydrogen-bond donors (Lipinski definition) is 3. The fourth-order valence-electron chi connectivity index (χ4n) is 3.53. The number of amides is 2. The number of fused-ring (bicyclic) bond motifs is 1. The number of H-pyrrole nitrogens is 1. The van der Waals surface area contributed by atoms with Crippen LogP contribution in [-0.2, 0) is 6.42 Å². The van der Waals surface area contributed by atoms with E-state index < -0.39 is 0 Å². The van der Waals surface area contributed by atoms with Gasteiger partial charge in [0, 0.05) is 19.5 Å². The summed E-state index contributed by atoms with van der Waals surface area (Å²) in [6.45, 7) is 0.621. The van der Waals surface area contributed by atoms with E-state index in [-0.39, 0.29) is 24.1 Å². The summed E-state index contributed by atoms with van der Waals surface area (Å²) in [5, 5.41) is 20.0. The molecule has 1 fully saturated rings. The Labute approximate surface area is 124 Å². The van der Waals surface area contributed by atoms with E-state index in [4.69, 9.17) is 0 Å². The summed E-state index contributed by atoms with van der Waals surface area (Å²) in [5.74, 6) is 0.217. The van der Waals surface area contributed by atoms with E-state index >= 15 is 0 Å². The van der Waals surface area contributed by atoms with Crippen LogP contribution in [0.3, 0.4) is 0 Å². The van der Waals surface area contributed by atoms with Gasteiger partial charge in [0.2, 0.25) is 0 Å². The highest BCUT2D eigenvalue weighted by Gasteiger charge is 2.29. The van der Waals surface area contributed by atoms with Crippen molar-refractivity contribution in [1.82, 2.24) is 20.4 Å². The van der Waals surface area contributed by atoms with Crippen molar-refractivity contribution in [2.24, 2.45) is 5.92 Å². The second-order valence-electron chi connectivity index (χ2n) is 6.34. The lowest BCUT2D eigenvalue weighted by atomic mass is 9.94. The van der Waals surface area contributed by atoms with Gasteiger partial charge in [-0.05, 0) is 37.7 Å². The Morgan fingerprint density at radius 1 is 1.48 bits per heavy atom. The summed E-state index contributed by atoms with van der Waals surface area (Å²) < 4.78 is 0. The molecule has 1 aromatic rings. The Kier molecular flexibility index (Phi) is 4.14.